The number of anilines is 1. The molecule has 1 aliphatic heterocycles. The standard InChI is InChI=1S/C23H22Cl2FN5O2S/c1-30-6-8-31(9-7-30)23-28-12-20(34-15-3-4-16(21(27)32)17(24)11-15)22(29-23)33-13-14-2-5-19(26)18(25)10-14/h2-5,10-12H,6-9,13H2,1H3,(H2,27,32). The van der Waals surface area contributed by atoms with Gasteiger partial charge in [0, 0.05) is 31.1 Å². The van der Waals surface area contributed by atoms with Crippen molar-refractivity contribution in [1.29, 1.82) is 0 Å². The Balaban J connectivity index is 1.60. The Morgan fingerprint density at radius 3 is 2.59 bits per heavy atom. The van der Waals surface area contributed by atoms with E-state index in [1.165, 1.54) is 23.9 Å². The second-order valence-electron chi connectivity index (χ2n) is 7.77. The van der Waals surface area contributed by atoms with E-state index in [2.05, 4.69) is 26.8 Å². The van der Waals surface area contributed by atoms with E-state index in [4.69, 9.17) is 33.7 Å². The van der Waals surface area contributed by atoms with Crippen molar-refractivity contribution in [3.8, 4) is 5.88 Å². The summed E-state index contributed by atoms with van der Waals surface area (Å²) < 4.78 is 19.6. The van der Waals surface area contributed by atoms with Crippen LogP contribution in [0.25, 0.3) is 0 Å². The van der Waals surface area contributed by atoms with Crippen LogP contribution < -0.4 is 15.4 Å². The molecular weight excluding hydrogens is 500 g/mol. The largest absolute Gasteiger partial charge is 0.472 e. The molecule has 0 atom stereocenters. The average Bonchev–Trinajstić information content (AvgIpc) is 2.81. The van der Waals surface area contributed by atoms with E-state index in [-0.39, 0.29) is 22.2 Å². The van der Waals surface area contributed by atoms with E-state index in [0.717, 1.165) is 31.1 Å². The summed E-state index contributed by atoms with van der Waals surface area (Å²) in [6.45, 7) is 3.58. The highest BCUT2D eigenvalue weighted by Gasteiger charge is 2.20. The van der Waals surface area contributed by atoms with Crippen molar-refractivity contribution < 1.29 is 13.9 Å². The number of primary amides is 1. The van der Waals surface area contributed by atoms with Gasteiger partial charge in [0.1, 0.15) is 12.4 Å². The zero-order valence-corrected chi connectivity index (χ0v) is 20.6. The van der Waals surface area contributed by atoms with Crippen LogP contribution in [0.1, 0.15) is 15.9 Å². The fraction of sp³-hybridized carbons (Fsp3) is 0.261. The Kier molecular flexibility index (Phi) is 7.77. The number of halogens is 3. The van der Waals surface area contributed by atoms with E-state index in [0.29, 0.717) is 22.3 Å². The van der Waals surface area contributed by atoms with E-state index in [9.17, 15) is 9.18 Å². The van der Waals surface area contributed by atoms with Crippen molar-refractivity contribution in [2.45, 2.75) is 16.4 Å². The first-order valence-electron chi connectivity index (χ1n) is 10.4. The lowest BCUT2D eigenvalue weighted by atomic mass is 10.2. The van der Waals surface area contributed by atoms with E-state index < -0.39 is 11.7 Å². The Morgan fingerprint density at radius 1 is 1.15 bits per heavy atom. The van der Waals surface area contributed by atoms with Crippen LogP contribution in [0, 0.1) is 5.82 Å². The van der Waals surface area contributed by atoms with Gasteiger partial charge in [-0.25, -0.2) is 9.37 Å². The predicted octanol–water partition coefficient (Wildman–Crippen LogP) is 4.50. The summed E-state index contributed by atoms with van der Waals surface area (Å²) in [6.07, 6.45) is 1.70. The molecule has 1 aliphatic rings. The molecule has 178 valence electrons. The first-order chi connectivity index (χ1) is 16.3. The number of piperazine rings is 1. The van der Waals surface area contributed by atoms with Crippen LogP contribution in [-0.4, -0.2) is 54.0 Å². The van der Waals surface area contributed by atoms with Gasteiger partial charge in [-0.3, -0.25) is 4.79 Å². The van der Waals surface area contributed by atoms with Crippen LogP contribution in [0.3, 0.4) is 0 Å². The molecule has 0 aliphatic carbocycles. The molecule has 2 aromatic carbocycles. The SMILES string of the molecule is CN1CCN(c2ncc(Sc3ccc(C(N)=O)c(Cl)c3)c(OCc3ccc(F)c(Cl)c3)n2)CC1. The predicted molar refractivity (Wildman–Crippen MR) is 132 cm³/mol. The van der Waals surface area contributed by atoms with Gasteiger partial charge >= 0.3 is 0 Å². The molecule has 1 fully saturated rings. The third-order valence-corrected chi connectivity index (χ3v) is 6.88. The van der Waals surface area contributed by atoms with Crippen LogP contribution >= 0.6 is 35.0 Å². The molecule has 2 heterocycles. The van der Waals surface area contributed by atoms with Crippen LogP contribution in [0.4, 0.5) is 10.3 Å². The Labute approximate surface area is 211 Å². The molecule has 0 radical (unpaired) electrons. The van der Waals surface area contributed by atoms with E-state index >= 15 is 0 Å². The minimum Gasteiger partial charge on any atom is -0.472 e. The first-order valence-corrected chi connectivity index (χ1v) is 12.0. The van der Waals surface area contributed by atoms with Crippen molar-refractivity contribution in [2.75, 3.05) is 38.1 Å². The first kappa shape index (κ1) is 24.5. The number of benzene rings is 2. The minimum absolute atomic E-state index is 0.0284. The van der Waals surface area contributed by atoms with Crippen LogP contribution in [0.15, 0.2) is 52.4 Å². The fourth-order valence-electron chi connectivity index (χ4n) is 3.35. The topological polar surface area (TPSA) is 84.6 Å². The molecule has 11 heteroatoms. The number of aromatic nitrogens is 2. The molecular formula is C23H22Cl2FN5O2S. The van der Waals surface area contributed by atoms with Crippen LogP contribution in [0.2, 0.25) is 10.0 Å². The molecule has 1 aromatic heterocycles. The summed E-state index contributed by atoms with van der Waals surface area (Å²) in [7, 11) is 2.08. The number of rotatable bonds is 7. The second kappa shape index (κ2) is 10.8. The Bertz CT molecular complexity index is 1210. The number of carbonyl (C=O) groups is 1. The van der Waals surface area contributed by atoms with Crippen LogP contribution in [0.5, 0.6) is 5.88 Å². The van der Waals surface area contributed by atoms with Crippen molar-refractivity contribution in [3.05, 3.63) is 69.6 Å². The smallest absolute Gasteiger partial charge is 0.250 e. The van der Waals surface area contributed by atoms with Gasteiger partial charge in [0.2, 0.25) is 17.7 Å². The zero-order chi connectivity index (χ0) is 24.2. The van der Waals surface area contributed by atoms with E-state index in [1.54, 1.807) is 30.5 Å². The van der Waals surface area contributed by atoms with Gasteiger partial charge in [-0.05, 0) is 42.9 Å². The fourth-order valence-corrected chi connectivity index (χ4v) is 4.75. The quantitative estimate of drug-likeness (QED) is 0.489. The third-order valence-electron chi connectivity index (χ3n) is 5.29. The maximum atomic E-state index is 13.5. The molecule has 0 unspecified atom stereocenters. The molecule has 0 bridgehead atoms. The lowest BCUT2D eigenvalue weighted by molar-refractivity contribution is 0.100. The van der Waals surface area contributed by atoms with Crippen molar-refractivity contribution >= 4 is 46.8 Å². The summed E-state index contributed by atoms with van der Waals surface area (Å²) in [5.74, 6) is -0.128. The number of ether oxygens (including phenoxy) is 1. The zero-order valence-electron chi connectivity index (χ0n) is 18.3. The molecule has 2 N–H and O–H groups in total. The molecule has 3 aromatic rings. The number of hydrogen-bond acceptors (Lipinski definition) is 7. The number of nitrogens with two attached hydrogens (primary N) is 1. The molecule has 34 heavy (non-hydrogen) atoms. The average molecular weight is 522 g/mol. The minimum atomic E-state index is -0.594. The van der Waals surface area contributed by atoms with Gasteiger partial charge < -0.3 is 20.3 Å². The van der Waals surface area contributed by atoms with Gasteiger partial charge in [0.15, 0.2) is 0 Å². The summed E-state index contributed by atoms with van der Waals surface area (Å²) in [5.41, 5.74) is 6.29. The van der Waals surface area contributed by atoms with Crippen LogP contribution in [-0.2, 0) is 6.61 Å². The van der Waals surface area contributed by atoms with Crippen molar-refractivity contribution in [2.24, 2.45) is 5.73 Å². The second-order valence-corrected chi connectivity index (χ2v) is 9.70. The van der Waals surface area contributed by atoms with E-state index in [1.807, 2.05) is 0 Å². The molecule has 0 saturated carbocycles. The molecule has 4 rings (SSSR count). The Morgan fingerprint density at radius 2 is 1.91 bits per heavy atom. The lowest BCUT2D eigenvalue weighted by Gasteiger charge is -2.32. The van der Waals surface area contributed by atoms with Gasteiger partial charge in [-0.15, -0.1) is 0 Å². The van der Waals surface area contributed by atoms with Gasteiger partial charge in [0.25, 0.3) is 0 Å². The summed E-state index contributed by atoms with van der Waals surface area (Å²) in [6, 6.07) is 9.41. The van der Waals surface area contributed by atoms with Crippen molar-refractivity contribution in [1.82, 2.24) is 14.9 Å². The maximum Gasteiger partial charge on any atom is 0.250 e. The highest BCUT2D eigenvalue weighted by molar-refractivity contribution is 7.99. The number of amides is 1. The monoisotopic (exact) mass is 521 g/mol. The number of hydrogen-bond donors (Lipinski definition) is 1. The third kappa shape index (κ3) is 5.90. The molecule has 1 saturated heterocycles. The maximum absolute atomic E-state index is 13.5. The summed E-state index contributed by atoms with van der Waals surface area (Å²) in [4.78, 5) is 26.5. The number of nitrogens with zero attached hydrogens (tertiary/aromatic N) is 4. The van der Waals surface area contributed by atoms with Gasteiger partial charge in [0.05, 0.1) is 26.7 Å². The molecule has 7 nitrogen and oxygen atoms in total. The summed E-state index contributed by atoms with van der Waals surface area (Å²) in [5, 5.41) is 0.289. The Hall–Kier alpha value is -2.59. The highest BCUT2D eigenvalue weighted by Crippen LogP contribution is 2.36. The number of likely N-dealkylation sites (N-methyl/N-ethyl adjacent to an activating group) is 1. The van der Waals surface area contributed by atoms with Crippen molar-refractivity contribution in [3.63, 3.8) is 0 Å². The molecule has 1 amide bonds. The molecule has 0 spiro atoms. The lowest BCUT2D eigenvalue weighted by Crippen LogP contribution is -2.45. The van der Waals surface area contributed by atoms with Gasteiger partial charge in [-0.1, -0.05) is 41.0 Å². The number of carbonyl (C=O) groups excluding carboxylic acids is 1. The highest BCUT2D eigenvalue weighted by atomic mass is 35.5. The van der Waals surface area contributed by atoms with Gasteiger partial charge in [-0.2, -0.15) is 4.98 Å². The normalized spacial score (nSPS) is 14.3. The summed E-state index contributed by atoms with van der Waals surface area (Å²) >= 11 is 13.5.